The summed E-state index contributed by atoms with van der Waals surface area (Å²) in [5, 5.41) is 16.2. The summed E-state index contributed by atoms with van der Waals surface area (Å²) in [4.78, 5) is 34.3. The quantitative estimate of drug-likeness (QED) is 0.665. The molecule has 2 aromatic carbocycles. The van der Waals surface area contributed by atoms with E-state index in [1.165, 1.54) is 24.3 Å². The summed E-state index contributed by atoms with van der Waals surface area (Å²) in [5.74, 6) is -0.408. The third-order valence-electron chi connectivity index (χ3n) is 3.51. The van der Waals surface area contributed by atoms with Crippen molar-refractivity contribution in [1.82, 2.24) is 0 Å². The van der Waals surface area contributed by atoms with Crippen molar-refractivity contribution in [2.45, 2.75) is 13.0 Å². The molecule has 0 bridgehead atoms. The van der Waals surface area contributed by atoms with Crippen LogP contribution >= 0.6 is 0 Å². The highest BCUT2D eigenvalue weighted by Crippen LogP contribution is 2.32. The molecule has 24 heavy (non-hydrogen) atoms. The number of rotatable bonds is 3. The number of hydrogen-bond donors (Lipinski definition) is 2. The van der Waals surface area contributed by atoms with Crippen LogP contribution in [-0.2, 0) is 4.79 Å². The number of nitro benzene ring substituents is 1. The molecule has 3 rings (SSSR count). The van der Waals surface area contributed by atoms with Gasteiger partial charge in [0, 0.05) is 11.8 Å². The molecule has 0 saturated heterocycles. The van der Waals surface area contributed by atoms with Gasteiger partial charge in [-0.15, -0.1) is 0 Å². The molecular weight excluding hydrogens is 314 g/mol. The van der Waals surface area contributed by atoms with Crippen LogP contribution in [0.1, 0.15) is 17.3 Å². The fourth-order valence-electron chi connectivity index (χ4n) is 2.31. The Hall–Kier alpha value is -3.42. The SMILES string of the molecule is C[C@@H]1Oc2ccc(NC(=O)c3ccccc3[N+](=O)[O-])cc2NC1=O. The van der Waals surface area contributed by atoms with Crippen molar-refractivity contribution in [2.24, 2.45) is 0 Å². The highest BCUT2D eigenvalue weighted by molar-refractivity contribution is 6.07. The first-order valence-corrected chi connectivity index (χ1v) is 7.12. The van der Waals surface area contributed by atoms with Gasteiger partial charge in [0.15, 0.2) is 6.10 Å². The number of benzene rings is 2. The number of amides is 2. The largest absolute Gasteiger partial charge is 0.479 e. The van der Waals surface area contributed by atoms with Crippen LogP contribution in [0.25, 0.3) is 0 Å². The minimum atomic E-state index is -0.614. The average molecular weight is 327 g/mol. The van der Waals surface area contributed by atoms with Crippen molar-refractivity contribution in [3.63, 3.8) is 0 Å². The van der Waals surface area contributed by atoms with E-state index in [1.807, 2.05) is 0 Å². The topological polar surface area (TPSA) is 111 Å². The lowest BCUT2D eigenvalue weighted by molar-refractivity contribution is -0.385. The number of hydrogen-bond acceptors (Lipinski definition) is 5. The lowest BCUT2D eigenvalue weighted by atomic mass is 10.1. The molecule has 0 saturated carbocycles. The van der Waals surface area contributed by atoms with Crippen molar-refractivity contribution >= 4 is 28.9 Å². The van der Waals surface area contributed by atoms with Crippen LogP contribution in [0.4, 0.5) is 17.1 Å². The number of nitrogens with one attached hydrogen (secondary N) is 2. The second-order valence-electron chi connectivity index (χ2n) is 5.19. The van der Waals surface area contributed by atoms with E-state index in [2.05, 4.69) is 10.6 Å². The zero-order valence-electron chi connectivity index (χ0n) is 12.6. The van der Waals surface area contributed by atoms with Crippen LogP contribution in [0.2, 0.25) is 0 Å². The van der Waals surface area contributed by atoms with E-state index in [0.29, 0.717) is 17.1 Å². The predicted octanol–water partition coefficient (Wildman–Crippen LogP) is 2.57. The summed E-state index contributed by atoms with van der Waals surface area (Å²) < 4.78 is 5.43. The van der Waals surface area contributed by atoms with Crippen LogP contribution in [0.15, 0.2) is 42.5 Å². The van der Waals surface area contributed by atoms with Crippen molar-refractivity contribution < 1.29 is 19.2 Å². The summed E-state index contributed by atoms with van der Waals surface area (Å²) in [6.07, 6.45) is -0.593. The minimum absolute atomic E-state index is 0.0471. The average Bonchev–Trinajstić information content (AvgIpc) is 2.56. The molecule has 1 heterocycles. The first-order chi connectivity index (χ1) is 11.5. The van der Waals surface area contributed by atoms with E-state index in [9.17, 15) is 19.7 Å². The van der Waals surface area contributed by atoms with Crippen molar-refractivity contribution in [3.8, 4) is 5.75 Å². The van der Waals surface area contributed by atoms with Crippen LogP contribution < -0.4 is 15.4 Å². The van der Waals surface area contributed by atoms with Gasteiger partial charge in [-0.2, -0.15) is 0 Å². The molecule has 0 aliphatic carbocycles. The maximum absolute atomic E-state index is 12.3. The van der Waals surface area contributed by atoms with Crippen LogP contribution in [0.3, 0.4) is 0 Å². The third-order valence-corrected chi connectivity index (χ3v) is 3.51. The van der Waals surface area contributed by atoms with Gasteiger partial charge in [0.05, 0.1) is 10.6 Å². The van der Waals surface area contributed by atoms with Gasteiger partial charge in [-0.3, -0.25) is 19.7 Å². The zero-order chi connectivity index (χ0) is 17.3. The van der Waals surface area contributed by atoms with Gasteiger partial charge in [-0.05, 0) is 31.2 Å². The van der Waals surface area contributed by atoms with E-state index in [1.54, 1.807) is 25.1 Å². The van der Waals surface area contributed by atoms with Crippen molar-refractivity contribution in [2.75, 3.05) is 10.6 Å². The van der Waals surface area contributed by atoms with Gasteiger partial charge in [0.2, 0.25) is 0 Å². The van der Waals surface area contributed by atoms with E-state index < -0.39 is 16.9 Å². The van der Waals surface area contributed by atoms with Gasteiger partial charge < -0.3 is 15.4 Å². The minimum Gasteiger partial charge on any atom is -0.479 e. The lowest BCUT2D eigenvalue weighted by Crippen LogP contribution is -2.34. The molecule has 1 aliphatic heterocycles. The number of nitrogens with zero attached hydrogens (tertiary/aromatic N) is 1. The van der Waals surface area contributed by atoms with E-state index >= 15 is 0 Å². The fraction of sp³-hybridized carbons (Fsp3) is 0.125. The summed E-state index contributed by atoms with van der Waals surface area (Å²) in [7, 11) is 0. The Morgan fingerprint density at radius 2 is 2.04 bits per heavy atom. The number of fused-ring (bicyclic) bond motifs is 1. The molecule has 1 atom stereocenters. The number of carbonyl (C=O) groups is 2. The van der Waals surface area contributed by atoms with Crippen LogP contribution in [0.5, 0.6) is 5.75 Å². The summed E-state index contributed by atoms with van der Waals surface area (Å²) >= 11 is 0. The monoisotopic (exact) mass is 327 g/mol. The summed E-state index contributed by atoms with van der Waals surface area (Å²) in [5.41, 5.74) is 0.487. The summed E-state index contributed by atoms with van der Waals surface area (Å²) in [6, 6.07) is 10.4. The highest BCUT2D eigenvalue weighted by Gasteiger charge is 2.24. The normalized spacial score (nSPS) is 15.7. The Labute approximate surface area is 136 Å². The predicted molar refractivity (Wildman–Crippen MR) is 86.2 cm³/mol. The lowest BCUT2D eigenvalue weighted by Gasteiger charge is -2.23. The van der Waals surface area contributed by atoms with Crippen LogP contribution in [-0.4, -0.2) is 22.8 Å². The Bertz CT molecular complexity index is 849. The maximum atomic E-state index is 12.3. The zero-order valence-corrected chi connectivity index (χ0v) is 12.6. The Kier molecular flexibility index (Phi) is 3.87. The third kappa shape index (κ3) is 2.89. The Morgan fingerprint density at radius 1 is 1.29 bits per heavy atom. The van der Waals surface area contributed by atoms with Crippen LogP contribution in [0, 0.1) is 10.1 Å². The van der Waals surface area contributed by atoms with E-state index in [-0.39, 0.29) is 17.2 Å². The molecule has 8 nitrogen and oxygen atoms in total. The molecule has 2 amide bonds. The van der Waals surface area contributed by atoms with E-state index in [4.69, 9.17) is 4.74 Å². The molecule has 0 fully saturated rings. The van der Waals surface area contributed by atoms with Gasteiger partial charge in [-0.1, -0.05) is 12.1 Å². The molecular formula is C16H13N3O5. The van der Waals surface area contributed by atoms with Gasteiger partial charge in [0.1, 0.15) is 11.3 Å². The smallest absolute Gasteiger partial charge is 0.282 e. The molecule has 0 radical (unpaired) electrons. The first kappa shape index (κ1) is 15.5. The Balaban J connectivity index is 1.85. The maximum Gasteiger partial charge on any atom is 0.282 e. The molecule has 8 heteroatoms. The number of carbonyl (C=O) groups excluding carboxylic acids is 2. The van der Waals surface area contributed by atoms with Gasteiger partial charge in [0.25, 0.3) is 17.5 Å². The molecule has 0 spiro atoms. The highest BCUT2D eigenvalue weighted by atomic mass is 16.6. The van der Waals surface area contributed by atoms with Gasteiger partial charge in [-0.25, -0.2) is 0 Å². The second kappa shape index (κ2) is 5.99. The fourth-order valence-corrected chi connectivity index (χ4v) is 2.31. The number of nitro groups is 1. The molecule has 122 valence electrons. The molecule has 0 unspecified atom stereocenters. The molecule has 1 aliphatic rings. The molecule has 0 aromatic heterocycles. The molecule has 2 N–H and O–H groups in total. The number of anilines is 2. The van der Waals surface area contributed by atoms with Gasteiger partial charge >= 0.3 is 0 Å². The van der Waals surface area contributed by atoms with E-state index in [0.717, 1.165) is 0 Å². The Morgan fingerprint density at radius 3 is 2.79 bits per heavy atom. The number of para-hydroxylation sites is 1. The van der Waals surface area contributed by atoms with Crippen molar-refractivity contribution in [1.29, 1.82) is 0 Å². The summed E-state index contributed by atoms with van der Waals surface area (Å²) in [6.45, 7) is 1.63. The number of ether oxygens (including phenoxy) is 1. The molecule has 2 aromatic rings. The first-order valence-electron chi connectivity index (χ1n) is 7.12. The van der Waals surface area contributed by atoms with Crippen molar-refractivity contribution in [3.05, 3.63) is 58.1 Å². The second-order valence-corrected chi connectivity index (χ2v) is 5.19. The standard InChI is InChI=1S/C16H13N3O5/c1-9-15(20)18-12-8-10(6-7-14(12)24-9)17-16(21)11-4-2-3-5-13(11)19(22)23/h2-9H,1H3,(H,17,21)(H,18,20)/t9-/m0/s1.